The van der Waals surface area contributed by atoms with E-state index in [1.165, 1.54) is 17.0 Å². The van der Waals surface area contributed by atoms with Crippen LogP contribution in [-0.4, -0.2) is 33.6 Å². The van der Waals surface area contributed by atoms with Gasteiger partial charge in [-0.05, 0) is 70.9 Å². The lowest BCUT2D eigenvalue weighted by molar-refractivity contribution is -0.137. The zero-order valence-corrected chi connectivity index (χ0v) is 20.8. The van der Waals surface area contributed by atoms with Crippen LogP contribution in [0.1, 0.15) is 38.8 Å². The van der Waals surface area contributed by atoms with Gasteiger partial charge in [-0.25, -0.2) is 4.98 Å². The monoisotopic (exact) mass is 580 g/mol. The number of pyridine rings is 1. The highest BCUT2D eigenvalue weighted by atomic mass is 79.9. The lowest BCUT2D eigenvalue weighted by Gasteiger charge is -2.26. The third-order valence-electron chi connectivity index (χ3n) is 5.54. The summed E-state index contributed by atoms with van der Waals surface area (Å²) in [4.78, 5) is 43.5. The van der Waals surface area contributed by atoms with Gasteiger partial charge in [0, 0.05) is 22.2 Å². The Morgan fingerprint density at radius 1 is 1.17 bits per heavy atom. The highest BCUT2D eigenvalue weighted by Gasteiger charge is 2.33. The molecule has 0 aliphatic carbocycles. The number of benzene rings is 2. The van der Waals surface area contributed by atoms with Crippen LogP contribution in [-0.2, 0) is 17.5 Å². The number of rotatable bonds is 4. The number of aromatic nitrogens is 1. The maximum absolute atomic E-state index is 13.2. The van der Waals surface area contributed by atoms with Crippen LogP contribution in [0.5, 0.6) is 0 Å². The molecule has 12 heteroatoms. The van der Waals surface area contributed by atoms with Crippen molar-refractivity contribution in [3.8, 4) is 0 Å². The summed E-state index contributed by atoms with van der Waals surface area (Å²) in [5, 5.41) is 5.54. The van der Waals surface area contributed by atoms with E-state index in [4.69, 9.17) is 11.6 Å². The van der Waals surface area contributed by atoms with Crippen molar-refractivity contribution in [2.45, 2.75) is 25.7 Å². The Bertz CT molecular complexity index is 1370. The molecular weight excluding hydrogens is 565 g/mol. The summed E-state index contributed by atoms with van der Waals surface area (Å²) in [7, 11) is 0. The van der Waals surface area contributed by atoms with Crippen LogP contribution in [0.3, 0.4) is 0 Å². The van der Waals surface area contributed by atoms with Crippen molar-refractivity contribution in [1.82, 2.24) is 9.88 Å². The van der Waals surface area contributed by atoms with Crippen LogP contribution in [0.25, 0.3) is 0 Å². The largest absolute Gasteiger partial charge is 0.417 e. The summed E-state index contributed by atoms with van der Waals surface area (Å²) in [6.07, 6.45) is -3.90. The molecule has 0 bridgehead atoms. The molecule has 2 N–H and O–H groups in total. The minimum Gasteiger partial charge on any atom is -0.324 e. The van der Waals surface area contributed by atoms with E-state index >= 15 is 0 Å². The first kappa shape index (κ1) is 25.6. The summed E-state index contributed by atoms with van der Waals surface area (Å²) in [5.41, 5.74) is 0.542. The van der Waals surface area contributed by atoms with E-state index in [1.807, 2.05) is 0 Å². The summed E-state index contributed by atoms with van der Waals surface area (Å²) in [6, 6.07) is 10.5. The molecule has 0 unspecified atom stereocenters. The smallest absolute Gasteiger partial charge is 0.324 e. The number of hydrogen-bond acceptors (Lipinski definition) is 4. The fourth-order valence-corrected chi connectivity index (χ4v) is 4.36. The fraction of sp³-hybridized carbons (Fsp3) is 0.167. The molecule has 36 heavy (non-hydrogen) atoms. The predicted molar refractivity (Wildman–Crippen MR) is 131 cm³/mol. The molecule has 2 heterocycles. The number of carbonyl (C=O) groups excluding carboxylic acids is 3. The van der Waals surface area contributed by atoms with Crippen LogP contribution < -0.4 is 10.6 Å². The van der Waals surface area contributed by atoms with Gasteiger partial charge in [0.05, 0.1) is 22.4 Å². The first-order valence-corrected chi connectivity index (χ1v) is 11.7. The van der Waals surface area contributed by atoms with Gasteiger partial charge < -0.3 is 15.5 Å². The Labute approximate surface area is 216 Å². The normalized spacial score (nSPS) is 15.7. The second kappa shape index (κ2) is 9.90. The number of alkyl halides is 3. The van der Waals surface area contributed by atoms with E-state index < -0.39 is 23.7 Å². The molecule has 0 fully saturated rings. The Hall–Kier alpha value is -3.44. The van der Waals surface area contributed by atoms with Gasteiger partial charge in [-0.3, -0.25) is 14.4 Å². The van der Waals surface area contributed by atoms with Crippen LogP contribution in [0.15, 0.2) is 59.2 Å². The highest BCUT2D eigenvalue weighted by molar-refractivity contribution is 9.10. The molecule has 0 saturated carbocycles. The lowest BCUT2D eigenvalue weighted by atomic mass is 10.1. The summed E-state index contributed by atoms with van der Waals surface area (Å²) >= 11 is 9.33. The molecule has 1 aliphatic rings. The van der Waals surface area contributed by atoms with Gasteiger partial charge in [0.1, 0.15) is 11.9 Å². The lowest BCUT2D eigenvalue weighted by Crippen LogP contribution is -2.42. The molecule has 1 aliphatic heterocycles. The van der Waals surface area contributed by atoms with Crippen molar-refractivity contribution < 1.29 is 27.6 Å². The van der Waals surface area contributed by atoms with Gasteiger partial charge in [0.2, 0.25) is 5.91 Å². The number of carbonyl (C=O) groups is 3. The first-order valence-electron chi connectivity index (χ1n) is 10.5. The molecule has 3 amide bonds. The van der Waals surface area contributed by atoms with E-state index in [-0.39, 0.29) is 29.7 Å². The average Bonchev–Trinajstić information content (AvgIpc) is 2.89. The van der Waals surface area contributed by atoms with Crippen molar-refractivity contribution in [3.63, 3.8) is 0 Å². The highest BCUT2D eigenvalue weighted by Crippen LogP contribution is 2.30. The second-order valence-electron chi connectivity index (χ2n) is 7.99. The van der Waals surface area contributed by atoms with E-state index in [9.17, 15) is 27.6 Å². The van der Waals surface area contributed by atoms with Gasteiger partial charge >= 0.3 is 6.18 Å². The summed E-state index contributed by atoms with van der Waals surface area (Å²) in [6.45, 7) is 1.69. The van der Waals surface area contributed by atoms with Crippen LogP contribution in [0.4, 0.5) is 24.7 Å². The van der Waals surface area contributed by atoms with Gasteiger partial charge in [0.25, 0.3) is 11.8 Å². The molecule has 3 aromatic rings. The number of hydrogen-bond donors (Lipinski definition) is 2. The van der Waals surface area contributed by atoms with E-state index in [0.717, 1.165) is 12.1 Å². The molecule has 186 valence electrons. The van der Waals surface area contributed by atoms with E-state index in [2.05, 4.69) is 31.5 Å². The third kappa shape index (κ3) is 5.36. The Balaban J connectivity index is 1.52. The predicted octanol–water partition coefficient (Wildman–Crippen LogP) is 5.75. The van der Waals surface area contributed by atoms with Crippen LogP contribution >= 0.6 is 27.5 Å². The fourth-order valence-electron chi connectivity index (χ4n) is 3.58. The number of amides is 3. The summed E-state index contributed by atoms with van der Waals surface area (Å²) in [5.74, 6) is -1.37. The topological polar surface area (TPSA) is 91.4 Å². The Morgan fingerprint density at radius 2 is 1.92 bits per heavy atom. The minimum atomic E-state index is -4.53. The number of nitrogens with one attached hydrogen (secondary N) is 2. The zero-order valence-electron chi connectivity index (χ0n) is 18.5. The van der Waals surface area contributed by atoms with Gasteiger partial charge in [-0.1, -0.05) is 17.7 Å². The number of halogens is 5. The van der Waals surface area contributed by atoms with E-state index in [1.54, 1.807) is 31.2 Å². The quantitative estimate of drug-likeness (QED) is 0.410. The van der Waals surface area contributed by atoms with Crippen molar-refractivity contribution in [3.05, 3.63) is 86.5 Å². The maximum Gasteiger partial charge on any atom is 0.417 e. The molecule has 4 rings (SSSR count). The number of fused-ring (bicyclic) bond motifs is 1. The third-order valence-corrected chi connectivity index (χ3v) is 6.43. The minimum absolute atomic E-state index is 0.0438. The Morgan fingerprint density at radius 3 is 2.56 bits per heavy atom. The van der Waals surface area contributed by atoms with E-state index in [0.29, 0.717) is 32.5 Å². The van der Waals surface area contributed by atoms with Crippen molar-refractivity contribution in [2.75, 3.05) is 10.6 Å². The first-order chi connectivity index (χ1) is 16.9. The van der Waals surface area contributed by atoms with Crippen molar-refractivity contribution in [1.29, 1.82) is 0 Å². The van der Waals surface area contributed by atoms with Crippen molar-refractivity contribution >= 4 is 56.8 Å². The molecule has 0 spiro atoms. The average molecular weight is 582 g/mol. The second-order valence-corrected chi connectivity index (χ2v) is 9.28. The van der Waals surface area contributed by atoms with Gasteiger partial charge in [-0.15, -0.1) is 0 Å². The molecule has 7 nitrogen and oxygen atoms in total. The standard InChI is InChI=1S/C24H17BrClF3N4O3/c1-12-21(34)31-19-9-15(26)4-6-17(19)23(36)33(12)11-13-2-5-16(18(25)8-13)22(35)32-20-7-3-14(10-30-20)24(27,28)29/h2-10,12H,11H2,1H3,(H,31,34)(H,30,32,35)/t12-/m1/s1. The Kier molecular flexibility index (Phi) is 7.05. The molecule has 2 aromatic carbocycles. The molecule has 1 atom stereocenters. The van der Waals surface area contributed by atoms with Crippen molar-refractivity contribution in [2.24, 2.45) is 0 Å². The zero-order chi connectivity index (χ0) is 26.2. The maximum atomic E-state index is 13.2. The number of nitrogens with zero attached hydrogens (tertiary/aromatic N) is 2. The molecular formula is C24H17BrClF3N4O3. The number of anilines is 2. The van der Waals surface area contributed by atoms with Gasteiger partial charge in [-0.2, -0.15) is 13.2 Å². The SMILES string of the molecule is C[C@@H]1C(=O)Nc2cc(Cl)ccc2C(=O)N1Cc1ccc(C(=O)Nc2ccc(C(F)(F)F)cn2)c(Br)c1. The van der Waals surface area contributed by atoms with Gasteiger partial charge in [0.15, 0.2) is 0 Å². The summed E-state index contributed by atoms with van der Waals surface area (Å²) < 4.78 is 38.5. The molecule has 1 aromatic heterocycles. The van der Waals surface area contributed by atoms with Crippen LogP contribution in [0.2, 0.25) is 5.02 Å². The molecule has 0 saturated heterocycles. The molecule has 0 radical (unpaired) electrons. The van der Waals surface area contributed by atoms with Crippen LogP contribution in [0, 0.1) is 0 Å².